The van der Waals surface area contributed by atoms with Gasteiger partial charge < -0.3 is 19.9 Å². The Labute approximate surface area is 122 Å². The molecule has 1 unspecified atom stereocenters. The molecule has 4 nitrogen and oxygen atoms in total. The molecule has 20 heavy (non-hydrogen) atoms. The maximum absolute atomic E-state index is 10.4. The molecule has 2 N–H and O–H groups in total. The highest BCUT2D eigenvalue weighted by atomic mass is 16.5. The Bertz CT molecular complexity index is 416. The number of ether oxygens (including phenoxy) is 2. The molecule has 0 saturated carbocycles. The van der Waals surface area contributed by atoms with E-state index in [9.17, 15) is 5.11 Å². The van der Waals surface area contributed by atoms with Crippen molar-refractivity contribution in [2.24, 2.45) is 0 Å². The molecule has 0 spiro atoms. The smallest absolute Gasteiger partial charge is 0.124 e. The molecule has 1 atom stereocenters. The van der Waals surface area contributed by atoms with Gasteiger partial charge in [-0.2, -0.15) is 0 Å². The van der Waals surface area contributed by atoms with E-state index in [-0.39, 0.29) is 5.54 Å². The van der Waals surface area contributed by atoms with E-state index in [1.165, 1.54) is 0 Å². The van der Waals surface area contributed by atoms with Gasteiger partial charge in [-0.3, -0.25) is 0 Å². The van der Waals surface area contributed by atoms with Crippen LogP contribution in [-0.4, -0.2) is 31.4 Å². The molecule has 0 bridgehead atoms. The van der Waals surface area contributed by atoms with Crippen LogP contribution in [0.4, 0.5) is 0 Å². The Kier molecular flexibility index (Phi) is 6.30. The fourth-order valence-electron chi connectivity index (χ4n) is 2.05. The maximum atomic E-state index is 10.4. The first-order valence-corrected chi connectivity index (χ1v) is 7.14. The van der Waals surface area contributed by atoms with E-state index in [2.05, 4.69) is 26.1 Å². The van der Waals surface area contributed by atoms with Crippen molar-refractivity contribution in [1.82, 2.24) is 5.32 Å². The van der Waals surface area contributed by atoms with Crippen molar-refractivity contribution in [3.8, 4) is 11.5 Å². The summed E-state index contributed by atoms with van der Waals surface area (Å²) in [6.45, 7) is 6.95. The van der Waals surface area contributed by atoms with Gasteiger partial charge in [0.25, 0.3) is 0 Å². The van der Waals surface area contributed by atoms with Crippen LogP contribution in [0, 0.1) is 0 Å². The van der Waals surface area contributed by atoms with Crippen LogP contribution in [-0.2, 0) is 0 Å². The van der Waals surface area contributed by atoms with E-state index in [1.807, 2.05) is 18.2 Å². The van der Waals surface area contributed by atoms with E-state index in [1.54, 1.807) is 14.2 Å². The van der Waals surface area contributed by atoms with Gasteiger partial charge in [-0.05, 0) is 38.0 Å². The highest BCUT2D eigenvalue weighted by Crippen LogP contribution is 2.29. The van der Waals surface area contributed by atoms with Crippen molar-refractivity contribution in [2.45, 2.75) is 45.3 Å². The zero-order chi connectivity index (χ0) is 15.2. The van der Waals surface area contributed by atoms with Crippen molar-refractivity contribution in [2.75, 3.05) is 20.8 Å². The number of benzene rings is 1. The average Bonchev–Trinajstić information content (AvgIpc) is 2.51. The van der Waals surface area contributed by atoms with Crippen LogP contribution in [0.1, 0.15) is 45.3 Å². The average molecular weight is 281 g/mol. The quantitative estimate of drug-likeness (QED) is 0.769. The van der Waals surface area contributed by atoms with Crippen LogP contribution in [0.25, 0.3) is 0 Å². The monoisotopic (exact) mass is 281 g/mol. The SMILES string of the molecule is CCC(C)(CC)NCC(O)c1cc(OC)ccc1OC. The van der Waals surface area contributed by atoms with Gasteiger partial charge in [-0.25, -0.2) is 0 Å². The van der Waals surface area contributed by atoms with Crippen LogP contribution in [0.15, 0.2) is 18.2 Å². The van der Waals surface area contributed by atoms with Crippen LogP contribution in [0.5, 0.6) is 11.5 Å². The standard InChI is InChI=1S/C16H27NO3/c1-6-16(3,7-2)17-11-14(18)13-10-12(19-4)8-9-15(13)20-5/h8-10,14,17-18H,6-7,11H2,1-5H3. The van der Waals surface area contributed by atoms with Gasteiger partial charge in [0.2, 0.25) is 0 Å². The third kappa shape index (κ3) is 4.12. The lowest BCUT2D eigenvalue weighted by Crippen LogP contribution is -2.43. The Morgan fingerprint density at radius 3 is 2.35 bits per heavy atom. The summed E-state index contributed by atoms with van der Waals surface area (Å²) >= 11 is 0. The van der Waals surface area contributed by atoms with E-state index in [0.29, 0.717) is 18.0 Å². The van der Waals surface area contributed by atoms with Gasteiger partial charge in [0.05, 0.1) is 20.3 Å². The molecule has 1 aromatic carbocycles. The largest absolute Gasteiger partial charge is 0.497 e. The molecule has 0 fully saturated rings. The first-order chi connectivity index (χ1) is 9.49. The third-order valence-corrected chi connectivity index (χ3v) is 4.08. The van der Waals surface area contributed by atoms with Gasteiger partial charge in [0, 0.05) is 17.6 Å². The Hall–Kier alpha value is -1.26. The van der Waals surface area contributed by atoms with Crippen molar-refractivity contribution >= 4 is 0 Å². The molecule has 0 radical (unpaired) electrons. The first kappa shape index (κ1) is 16.8. The lowest BCUT2D eigenvalue weighted by molar-refractivity contribution is 0.152. The van der Waals surface area contributed by atoms with Gasteiger partial charge in [-0.15, -0.1) is 0 Å². The zero-order valence-corrected chi connectivity index (χ0v) is 13.2. The molecule has 0 amide bonds. The fourth-order valence-corrected chi connectivity index (χ4v) is 2.05. The second-order valence-electron chi connectivity index (χ2n) is 5.27. The summed E-state index contributed by atoms with van der Waals surface area (Å²) in [6, 6.07) is 5.46. The maximum Gasteiger partial charge on any atom is 0.124 e. The molecule has 0 heterocycles. The molecule has 114 valence electrons. The van der Waals surface area contributed by atoms with Crippen LogP contribution >= 0.6 is 0 Å². The highest BCUT2D eigenvalue weighted by molar-refractivity contribution is 5.41. The molecular formula is C16H27NO3. The Balaban J connectivity index is 2.83. The van der Waals surface area contributed by atoms with Crippen molar-refractivity contribution in [1.29, 1.82) is 0 Å². The normalized spacial score (nSPS) is 13.1. The minimum absolute atomic E-state index is 0.0487. The Morgan fingerprint density at radius 2 is 1.85 bits per heavy atom. The van der Waals surface area contributed by atoms with E-state index in [4.69, 9.17) is 9.47 Å². The molecule has 0 saturated heterocycles. The number of β-amino-alcohol motifs (C(OH)–C–C–N with tert-alkyl or cyclic N) is 1. The van der Waals surface area contributed by atoms with Crippen molar-refractivity contribution in [3.05, 3.63) is 23.8 Å². The van der Waals surface area contributed by atoms with Gasteiger partial charge in [0.15, 0.2) is 0 Å². The van der Waals surface area contributed by atoms with Gasteiger partial charge in [0.1, 0.15) is 11.5 Å². The number of aliphatic hydroxyl groups excluding tert-OH is 1. The molecular weight excluding hydrogens is 254 g/mol. The Morgan fingerprint density at radius 1 is 1.20 bits per heavy atom. The lowest BCUT2D eigenvalue weighted by Gasteiger charge is -2.30. The molecule has 4 heteroatoms. The summed E-state index contributed by atoms with van der Waals surface area (Å²) < 4.78 is 10.5. The molecule has 0 aliphatic heterocycles. The number of methoxy groups -OCH3 is 2. The van der Waals surface area contributed by atoms with Gasteiger partial charge in [-0.1, -0.05) is 13.8 Å². The summed E-state index contributed by atoms with van der Waals surface area (Å²) in [4.78, 5) is 0. The summed E-state index contributed by atoms with van der Waals surface area (Å²) in [6.07, 6.45) is 1.41. The number of hydrogen-bond acceptors (Lipinski definition) is 4. The van der Waals surface area contributed by atoms with Crippen molar-refractivity contribution in [3.63, 3.8) is 0 Å². The zero-order valence-electron chi connectivity index (χ0n) is 13.2. The first-order valence-electron chi connectivity index (χ1n) is 7.14. The molecule has 1 rings (SSSR count). The second kappa shape index (κ2) is 7.50. The number of nitrogens with one attached hydrogen (secondary N) is 1. The molecule has 1 aromatic rings. The topological polar surface area (TPSA) is 50.7 Å². The summed E-state index contributed by atoms with van der Waals surface area (Å²) in [5.41, 5.74) is 0.793. The predicted octanol–water partition coefficient (Wildman–Crippen LogP) is 2.91. The minimum Gasteiger partial charge on any atom is -0.497 e. The third-order valence-electron chi connectivity index (χ3n) is 4.08. The van der Waals surface area contributed by atoms with Crippen LogP contribution in [0.3, 0.4) is 0 Å². The van der Waals surface area contributed by atoms with Crippen molar-refractivity contribution < 1.29 is 14.6 Å². The predicted molar refractivity (Wildman–Crippen MR) is 81.5 cm³/mol. The summed E-state index contributed by atoms with van der Waals surface area (Å²) in [7, 11) is 3.22. The highest BCUT2D eigenvalue weighted by Gasteiger charge is 2.22. The van der Waals surface area contributed by atoms with E-state index < -0.39 is 6.10 Å². The molecule has 0 aliphatic carbocycles. The summed E-state index contributed by atoms with van der Waals surface area (Å²) in [5, 5.41) is 13.8. The van der Waals surface area contributed by atoms with Crippen LogP contribution in [0.2, 0.25) is 0 Å². The number of aliphatic hydroxyl groups is 1. The molecule has 0 aromatic heterocycles. The van der Waals surface area contributed by atoms with Gasteiger partial charge >= 0.3 is 0 Å². The molecule has 0 aliphatic rings. The van der Waals surface area contributed by atoms with E-state index in [0.717, 1.165) is 18.4 Å². The number of hydrogen-bond donors (Lipinski definition) is 2. The minimum atomic E-state index is -0.627. The lowest BCUT2D eigenvalue weighted by atomic mass is 9.95. The van der Waals surface area contributed by atoms with Crippen LogP contribution < -0.4 is 14.8 Å². The number of rotatable bonds is 8. The van der Waals surface area contributed by atoms with E-state index >= 15 is 0 Å². The second-order valence-corrected chi connectivity index (χ2v) is 5.27. The summed E-state index contributed by atoms with van der Waals surface area (Å²) in [5.74, 6) is 1.39. The fraction of sp³-hybridized carbons (Fsp3) is 0.625.